The van der Waals surface area contributed by atoms with Gasteiger partial charge in [0, 0.05) is 48.1 Å². The molecule has 1 aliphatic carbocycles. The van der Waals surface area contributed by atoms with Crippen LogP contribution in [0.5, 0.6) is 0 Å². The fourth-order valence-electron chi connectivity index (χ4n) is 6.05. The van der Waals surface area contributed by atoms with Crippen molar-refractivity contribution in [3.63, 3.8) is 0 Å². The van der Waals surface area contributed by atoms with Gasteiger partial charge >= 0.3 is 0 Å². The van der Waals surface area contributed by atoms with Crippen LogP contribution in [0.2, 0.25) is 0 Å². The van der Waals surface area contributed by atoms with Crippen molar-refractivity contribution in [3.8, 4) is 0 Å². The summed E-state index contributed by atoms with van der Waals surface area (Å²) in [4.78, 5) is 44.2. The predicted molar refractivity (Wildman–Crippen MR) is 159 cm³/mol. The van der Waals surface area contributed by atoms with Gasteiger partial charge in [-0.2, -0.15) is 0 Å². The standard InChI is InChI=1S/C33H38FN3O3S/c1-23-4-2-5-24(20-23)22-37(33(40)26-7-9-27(34)10-8-26)29-13-11-28(12-14-29)35-32(39)25-15-17-36(18-16-25)31(38)21-30-6-3-19-41-30/h2-10,19-20,25,28-29H,11-18,21-22H2,1H3,(H,35,39). The van der Waals surface area contributed by atoms with Crippen LogP contribution in [-0.2, 0) is 22.6 Å². The Morgan fingerprint density at radius 3 is 2.34 bits per heavy atom. The summed E-state index contributed by atoms with van der Waals surface area (Å²) in [5, 5.41) is 5.25. The molecule has 1 aliphatic heterocycles. The van der Waals surface area contributed by atoms with E-state index in [-0.39, 0.29) is 41.5 Å². The first kappa shape index (κ1) is 29.0. The fraction of sp³-hybridized carbons (Fsp3) is 0.424. The lowest BCUT2D eigenvalue weighted by atomic mass is 9.88. The van der Waals surface area contributed by atoms with Crippen LogP contribution in [0.3, 0.4) is 0 Å². The lowest BCUT2D eigenvalue weighted by Gasteiger charge is -2.38. The minimum Gasteiger partial charge on any atom is -0.353 e. The van der Waals surface area contributed by atoms with Crippen molar-refractivity contribution >= 4 is 29.1 Å². The highest BCUT2D eigenvalue weighted by atomic mass is 32.1. The number of hydrogen-bond donors (Lipinski definition) is 1. The molecule has 41 heavy (non-hydrogen) atoms. The lowest BCUT2D eigenvalue weighted by Crippen LogP contribution is -2.48. The summed E-state index contributed by atoms with van der Waals surface area (Å²) in [6.07, 6.45) is 4.99. The molecular formula is C33H38FN3O3S. The molecule has 1 saturated carbocycles. The van der Waals surface area contributed by atoms with E-state index in [9.17, 15) is 18.8 Å². The van der Waals surface area contributed by atoms with Gasteiger partial charge in [-0.25, -0.2) is 4.39 Å². The zero-order valence-corrected chi connectivity index (χ0v) is 24.4. The van der Waals surface area contributed by atoms with E-state index in [2.05, 4.69) is 11.4 Å². The molecule has 1 N–H and O–H groups in total. The molecule has 1 aromatic heterocycles. The average Bonchev–Trinajstić information content (AvgIpc) is 3.50. The number of carbonyl (C=O) groups excluding carboxylic acids is 3. The van der Waals surface area contributed by atoms with Gasteiger partial charge in [-0.1, -0.05) is 35.9 Å². The zero-order chi connectivity index (χ0) is 28.8. The molecule has 2 aromatic carbocycles. The summed E-state index contributed by atoms with van der Waals surface area (Å²) in [6.45, 7) is 3.77. The first-order valence-electron chi connectivity index (χ1n) is 14.6. The quantitative estimate of drug-likeness (QED) is 0.372. The van der Waals surface area contributed by atoms with Crippen molar-refractivity contribution in [3.05, 3.63) is 93.4 Å². The summed E-state index contributed by atoms with van der Waals surface area (Å²) in [7, 11) is 0. The van der Waals surface area contributed by atoms with Crippen molar-refractivity contribution in [2.75, 3.05) is 13.1 Å². The summed E-state index contributed by atoms with van der Waals surface area (Å²) in [6, 6.07) is 18.0. The molecule has 0 unspecified atom stereocenters. The smallest absolute Gasteiger partial charge is 0.254 e. The van der Waals surface area contributed by atoms with Crippen LogP contribution in [-0.4, -0.2) is 52.7 Å². The largest absolute Gasteiger partial charge is 0.353 e. The topological polar surface area (TPSA) is 69.7 Å². The molecule has 2 fully saturated rings. The van der Waals surface area contributed by atoms with Crippen molar-refractivity contribution in [2.45, 2.75) is 70.5 Å². The third-order valence-electron chi connectivity index (χ3n) is 8.40. The minimum absolute atomic E-state index is 0.0406. The lowest BCUT2D eigenvalue weighted by molar-refractivity contribution is -0.135. The van der Waals surface area contributed by atoms with Crippen LogP contribution >= 0.6 is 11.3 Å². The van der Waals surface area contributed by atoms with Gasteiger partial charge in [-0.15, -0.1) is 11.3 Å². The Hall–Kier alpha value is -3.52. The van der Waals surface area contributed by atoms with Gasteiger partial charge in [-0.05, 0) is 86.7 Å². The van der Waals surface area contributed by atoms with Gasteiger partial charge in [0.2, 0.25) is 11.8 Å². The molecule has 3 amide bonds. The highest BCUT2D eigenvalue weighted by Crippen LogP contribution is 2.28. The highest BCUT2D eigenvalue weighted by molar-refractivity contribution is 7.10. The molecule has 2 aliphatic rings. The number of thiophene rings is 1. The Bertz CT molecular complexity index is 1330. The zero-order valence-electron chi connectivity index (χ0n) is 23.6. The monoisotopic (exact) mass is 575 g/mol. The highest BCUT2D eigenvalue weighted by Gasteiger charge is 2.33. The third-order valence-corrected chi connectivity index (χ3v) is 9.27. The number of rotatable bonds is 8. The minimum atomic E-state index is -0.362. The molecule has 1 saturated heterocycles. The van der Waals surface area contributed by atoms with E-state index in [0.29, 0.717) is 44.5 Å². The van der Waals surface area contributed by atoms with Crippen LogP contribution in [0.15, 0.2) is 66.0 Å². The van der Waals surface area contributed by atoms with Gasteiger partial charge < -0.3 is 15.1 Å². The van der Waals surface area contributed by atoms with Gasteiger partial charge in [0.25, 0.3) is 5.91 Å². The van der Waals surface area contributed by atoms with Crippen molar-refractivity contribution < 1.29 is 18.8 Å². The number of nitrogens with one attached hydrogen (secondary N) is 1. The third kappa shape index (κ3) is 7.61. The Kier molecular flexibility index (Phi) is 9.49. The van der Waals surface area contributed by atoms with Crippen LogP contribution in [0.25, 0.3) is 0 Å². The summed E-state index contributed by atoms with van der Waals surface area (Å²) < 4.78 is 13.5. The van der Waals surface area contributed by atoms with Gasteiger partial charge in [0.05, 0.1) is 6.42 Å². The molecule has 6 nitrogen and oxygen atoms in total. The van der Waals surface area contributed by atoms with Crippen LogP contribution in [0.1, 0.15) is 64.9 Å². The maximum Gasteiger partial charge on any atom is 0.254 e. The second-order valence-corrected chi connectivity index (χ2v) is 12.4. The van der Waals surface area contributed by atoms with Crippen LogP contribution < -0.4 is 5.32 Å². The number of benzene rings is 2. The Morgan fingerprint density at radius 2 is 1.68 bits per heavy atom. The molecule has 216 valence electrons. The number of amides is 3. The van der Waals surface area contributed by atoms with Gasteiger partial charge in [0.15, 0.2) is 0 Å². The van der Waals surface area contributed by atoms with Crippen molar-refractivity contribution in [1.82, 2.24) is 15.1 Å². The first-order valence-corrected chi connectivity index (χ1v) is 15.5. The molecule has 5 rings (SSSR count). The van der Waals surface area contributed by atoms with Crippen LogP contribution in [0, 0.1) is 18.7 Å². The maximum atomic E-state index is 13.6. The first-order chi connectivity index (χ1) is 19.9. The van der Waals surface area contributed by atoms with E-state index in [1.165, 1.54) is 12.1 Å². The van der Waals surface area contributed by atoms with E-state index in [1.54, 1.807) is 23.5 Å². The Labute approximate surface area is 245 Å². The van der Waals surface area contributed by atoms with E-state index in [1.807, 2.05) is 52.4 Å². The summed E-state index contributed by atoms with van der Waals surface area (Å²) in [5.74, 6) is -0.317. The fourth-order valence-corrected chi connectivity index (χ4v) is 6.74. The summed E-state index contributed by atoms with van der Waals surface area (Å²) >= 11 is 1.60. The van der Waals surface area contributed by atoms with E-state index < -0.39 is 0 Å². The molecule has 0 bridgehead atoms. The average molecular weight is 576 g/mol. The van der Waals surface area contributed by atoms with E-state index in [0.717, 1.165) is 41.7 Å². The molecule has 0 atom stereocenters. The molecule has 8 heteroatoms. The second-order valence-electron chi connectivity index (χ2n) is 11.4. The van der Waals surface area contributed by atoms with Gasteiger partial charge in [0.1, 0.15) is 5.82 Å². The number of nitrogens with zero attached hydrogens (tertiary/aromatic N) is 2. The number of aryl methyl sites for hydroxylation is 1. The Balaban J connectivity index is 1.14. The Morgan fingerprint density at radius 1 is 0.951 bits per heavy atom. The number of piperidine rings is 1. The van der Waals surface area contributed by atoms with Crippen molar-refractivity contribution in [1.29, 1.82) is 0 Å². The van der Waals surface area contributed by atoms with Gasteiger partial charge in [-0.3, -0.25) is 14.4 Å². The van der Waals surface area contributed by atoms with E-state index >= 15 is 0 Å². The second kappa shape index (κ2) is 13.4. The predicted octanol–water partition coefficient (Wildman–Crippen LogP) is 5.75. The van der Waals surface area contributed by atoms with Crippen LogP contribution in [0.4, 0.5) is 4.39 Å². The molecule has 3 aromatic rings. The molecular weight excluding hydrogens is 537 g/mol. The van der Waals surface area contributed by atoms with E-state index in [4.69, 9.17) is 0 Å². The number of halogens is 1. The number of carbonyl (C=O) groups is 3. The number of likely N-dealkylation sites (tertiary alicyclic amines) is 1. The maximum absolute atomic E-state index is 13.6. The van der Waals surface area contributed by atoms with Crippen molar-refractivity contribution in [2.24, 2.45) is 5.92 Å². The number of hydrogen-bond acceptors (Lipinski definition) is 4. The molecule has 0 radical (unpaired) electrons. The SMILES string of the molecule is Cc1cccc(CN(C(=O)c2ccc(F)cc2)C2CCC(NC(=O)C3CCN(C(=O)Cc4cccs4)CC3)CC2)c1. The summed E-state index contributed by atoms with van der Waals surface area (Å²) in [5.41, 5.74) is 2.69. The molecule has 2 heterocycles. The molecule has 0 spiro atoms. The normalized spacial score (nSPS) is 19.5.